The maximum Gasteiger partial charge on any atom is 0.265 e. The molecule has 0 spiro atoms. The molecule has 1 aromatic heterocycles. The van der Waals surface area contributed by atoms with Gasteiger partial charge in [-0.05, 0) is 55.5 Å². The van der Waals surface area contributed by atoms with E-state index in [-0.39, 0.29) is 11.5 Å². The lowest BCUT2D eigenvalue weighted by Gasteiger charge is -2.13. The predicted molar refractivity (Wildman–Crippen MR) is 120 cm³/mol. The Morgan fingerprint density at radius 1 is 0.935 bits per heavy atom. The van der Waals surface area contributed by atoms with Gasteiger partial charge in [0, 0.05) is 11.3 Å². The number of ether oxygens (including phenoxy) is 2. The van der Waals surface area contributed by atoms with Crippen LogP contribution in [0.1, 0.15) is 16.2 Å². The minimum Gasteiger partial charge on any atom is -0.493 e. The summed E-state index contributed by atoms with van der Waals surface area (Å²) in [6.45, 7) is 1.78. The van der Waals surface area contributed by atoms with Crippen LogP contribution in [0.25, 0.3) is 16.6 Å². The standard InChI is InChI=1S/C24H21N3O4/c1-15-25-20-10-5-4-9-19(20)24(29)27(15)18-8-6-7-17(14-18)26-23(28)16-11-12-21(30-2)22(13-16)31-3/h4-14H,1-3H3,(H,26,28). The summed E-state index contributed by atoms with van der Waals surface area (Å²) in [4.78, 5) is 30.3. The molecule has 156 valence electrons. The highest BCUT2D eigenvalue weighted by Crippen LogP contribution is 2.28. The second kappa shape index (κ2) is 8.31. The second-order valence-corrected chi connectivity index (χ2v) is 6.89. The molecule has 1 heterocycles. The molecule has 1 N–H and O–H groups in total. The van der Waals surface area contributed by atoms with Gasteiger partial charge in [0.2, 0.25) is 0 Å². The Morgan fingerprint density at radius 3 is 2.48 bits per heavy atom. The van der Waals surface area contributed by atoms with Crippen molar-refractivity contribution in [3.05, 3.63) is 88.5 Å². The fourth-order valence-electron chi connectivity index (χ4n) is 3.45. The molecular formula is C24H21N3O4. The van der Waals surface area contributed by atoms with E-state index in [9.17, 15) is 9.59 Å². The first kappa shape index (κ1) is 20.2. The van der Waals surface area contributed by atoms with E-state index in [0.29, 0.717) is 45.2 Å². The lowest BCUT2D eigenvalue weighted by Crippen LogP contribution is -2.22. The van der Waals surface area contributed by atoms with Gasteiger partial charge in [-0.1, -0.05) is 18.2 Å². The van der Waals surface area contributed by atoms with E-state index in [1.54, 1.807) is 55.5 Å². The molecule has 0 aliphatic rings. The minimum atomic E-state index is -0.307. The molecular weight excluding hydrogens is 394 g/mol. The van der Waals surface area contributed by atoms with Crippen LogP contribution in [0.4, 0.5) is 5.69 Å². The monoisotopic (exact) mass is 415 g/mol. The molecule has 0 aliphatic heterocycles. The third kappa shape index (κ3) is 3.85. The summed E-state index contributed by atoms with van der Waals surface area (Å²) >= 11 is 0. The van der Waals surface area contributed by atoms with Crippen LogP contribution >= 0.6 is 0 Å². The SMILES string of the molecule is COc1ccc(C(=O)Nc2cccc(-n3c(C)nc4ccccc4c3=O)c2)cc1OC. The number of nitrogens with one attached hydrogen (secondary N) is 1. The summed E-state index contributed by atoms with van der Waals surface area (Å²) in [6, 6.07) is 19.2. The maximum absolute atomic E-state index is 13.0. The number of hydrogen-bond acceptors (Lipinski definition) is 5. The summed E-state index contributed by atoms with van der Waals surface area (Å²) in [5, 5.41) is 3.40. The normalized spacial score (nSPS) is 10.7. The molecule has 31 heavy (non-hydrogen) atoms. The van der Waals surface area contributed by atoms with E-state index < -0.39 is 0 Å². The molecule has 3 aromatic carbocycles. The number of fused-ring (bicyclic) bond motifs is 1. The molecule has 0 saturated carbocycles. The first-order chi connectivity index (χ1) is 15.0. The quantitative estimate of drug-likeness (QED) is 0.533. The highest BCUT2D eigenvalue weighted by Gasteiger charge is 2.13. The van der Waals surface area contributed by atoms with Crippen LogP contribution in [0, 0.1) is 6.92 Å². The van der Waals surface area contributed by atoms with Gasteiger partial charge in [0.1, 0.15) is 5.82 Å². The van der Waals surface area contributed by atoms with Crippen molar-refractivity contribution in [3.63, 3.8) is 0 Å². The molecule has 0 radical (unpaired) electrons. The Bertz CT molecular complexity index is 1340. The Hall–Kier alpha value is -4.13. The first-order valence-electron chi connectivity index (χ1n) is 9.64. The van der Waals surface area contributed by atoms with Crippen molar-refractivity contribution in [3.8, 4) is 17.2 Å². The Balaban J connectivity index is 1.68. The van der Waals surface area contributed by atoms with Crippen LogP contribution in [0.15, 0.2) is 71.5 Å². The number of para-hydroxylation sites is 1. The number of methoxy groups -OCH3 is 2. The second-order valence-electron chi connectivity index (χ2n) is 6.89. The van der Waals surface area contributed by atoms with Crippen molar-refractivity contribution >= 4 is 22.5 Å². The molecule has 1 amide bonds. The summed E-state index contributed by atoms with van der Waals surface area (Å²) < 4.78 is 12.0. The van der Waals surface area contributed by atoms with Crippen molar-refractivity contribution in [2.24, 2.45) is 0 Å². The van der Waals surface area contributed by atoms with Crippen LogP contribution in [0.5, 0.6) is 11.5 Å². The van der Waals surface area contributed by atoms with Gasteiger partial charge in [0.25, 0.3) is 11.5 Å². The number of anilines is 1. The van der Waals surface area contributed by atoms with Crippen LogP contribution in [0.3, 0.4) is 0 Å². The minimum absolute atomic E-state index is 0.161. The van der Waals surface area contributed by atoms with Crippen LogP contribution < -0.4 is 20.3 Å². The zero-order chi connectivity index (χ0) is 22.0. The number of aromatic nitrogens is 2. The molecule has 0 aliphatic carbocycles. The number of aryl methyl sites for hydroxylation is 1. The maximum atomic E-state index is 13.0. The third-order valence-electron chi connectivity index (χ3n) is 4.95. The van der Waals surface area contributed by atoms with Gasteiger partial charge in [-0.15, -0.1) is 0 Å². The first-order valence-corrected chi connectivity index (χ1v) is 9.64. The molecule has 0 bridgehead atoms. The smallest absolute Gasteiger partial charge is 0.265 e. The van der Waals surface area contributed by atoms with E-state index in [2.05, 4.69) is 10.3 Å². The largest absolute Gasteiger partial charge is 0.493 e. The van der Waals surface area contributed by atoms with E-state index >= 15 is 0 Å². The average Bonchev–Trinajstić information content (AvgIpc) is 2.79. The fraction of sp³-hybridized carbons (Fsp3) is 0.125. The van der Waals surface area contributed by atoms with Gasteiger partial charge in [0.15, 0.2) is 11.5 Å². The van der Waals surface area contributed by atoms with Gasteiger partial charge < -0.3 is 14.8 Å². The van der Waals surface area contributed by atoms with Crippen molar-refractivity contribution in [1.29, 1.82) is 0 Å². The lowest BCUT2D eigenvalue weighted by atomic mass is 10.1. The highest BCUT2D eigenvalue weighted by molar-refractivity contribution is 6.04. The molecule has 4 aromatic rings. The average molecular weight is 415 g/mol. The summed E-state index contributed by atoms with van der Waals surface area (Å²) in [5.74, 6) is 1.26. The van der Waals surface area contributed by atoms with Crippen molar-refractivity contribution in [2.75, 3.05) is 19.5 Å². The molecule has 4 rings (SSSR count). The zero-order valence-electron chi connectivity index (χ0n) is 17.4. The molecule has 0 atom stereocenters. The summed E-state index contributed by atoms with van der Waals surface area (Å²) in [5.41, 5.74) is 2.08. The van der Waals surface area contributed by atoms with E-state index in [0.717, 1.165) is 0 Å². The number of carbonyl (C=O) groups is 1. The molecule has 0 unspecified atom stereocenters. The highest BCUT2D eigenvalue weighted by atomic mass is 16.5. The number of benzene rings is 3. The number of carbonyl (C=O) groups excluding carboxylic acids is 1. The van der Waals surface area contributed by atoms with Gasteiger partial charge in [0.05, 0.1) is 30.8 Å². The summed E-state index contributed by atoms with van der Waals surface area (Å²) in [7, 11) is 3.05. The van der Waals surface area contributed by atoms with Crippen LogP contribution in [-0.2, 0) is 0 Å². The topological polar surface area (TPSA) is 82.5 Å². The molecule has 0 fully saturated rings. The Labute approximate surface area is 178 Å². The fourth-order valence-corrected chi connectivity index (χ4v) is 3.45. The number of rotatable bonds is 5. The third-order valence-corrected chi connectivity index (χ3v) is 4.95. The van der Waals surface area contributed by atoms with Gasteiger partial charge >= 0.3 is 0 Å². The van der Waals surface area contributed by atoms with E-state index in [1.165, 1.54) is 18.8 Å². The van der Waals surface area contributed by atoms with E-state index in [4.69, 9.17) is 9.47 Å². The molecule has 7 heteroatoms. The Kier molecular flexibility index (Phi) is 5.41. The van der Waals surface area contributed by atoms with Crippen LogP contribution in [-0.4, -0.2) is 29.7 Å². The van der Waals surface area contributed by atoms with Crippen molar-refractivity contribution < 1.29 is 14.3 Å². The molecule has 7 nitrogen and oxygen atoms in total. The summed E-state index contributed by atoms with van der Waals surface area (Å²) in [6.07, 6.45) is 0. The Morgan fingerprint density at radius 2 is 1.71 bits per heavy atom. The predicted octanol–water partition coefficient (Wildman–Crippen LogP) is 3.96. The van der Waals surface area contributed by atoms with Gasteiger partial charge in [-0.3, -0.25) is 14.2 Å². The van der Waals surface area contributed by atoms with Crippen LogP contribution in [0.2, 0.25) is 0 Å². The number of nitrogens with zero attached hydrogens (tertiary/aromatic N) is 2. The number of amides is 1. The van der Waals surface area contributed by atoms with Gasteiger partial charge in [-0.2, -0.15) is 0 Å². The van der Waals surface area contributed by atoms with Crippen molar-refractivity contribution in [2.45, 2.75) is 6.92 Å². The number of hydrogen-bond donors (Lipinski definition) is 1. The zero-order valence-corrected chi connectivity index (χ0v) is 17.4. The van der Waals surface area contributed by atoms with Gasteiger partial charge in [-0.25, -0.2) is 4.98 Å². The van der Waals surface area contributed by atoms with E-state index in [1.807, 2.05) is 18.2 Å². The van der Waals surface area contributed by atoms with Crippen molar-refractivity contribution in [1.82, 2.24) is 9.55 Å². The molecule has 0 saturated heterocycles. The lowest BCUT2D eigenvalue weighted by molar-refractivity contribution is 0.102.